The zero-order valence-electron chi connectivity index (χ0n) is 11.7. The number of phenols is 1. The molecular formula is C16H24N2O. The van der Waals surface area contributed by atoms with E-state index in [-0.39, 0.29) is 0 Å². The Morgan fingerprint density at radius 2 is 2.05 bits per heavy atom. The van der Waals surface area contributed by atoms with Gasteiger partial charge in [-0.3, -0.25) is 4.90 Å². The number of hydrogen-bond acceptors (Lipinski definition) is 3. The summed E-state index contributed by atoms with van der Waals surface area (Å²) in [6.45, 7) is 6.43. The first-order chi connectivity index (χ1) is 9.31. The largest absolute Gasteiger partial charge is 0.507 e. The molecule has 1 heterocycles. The van der Waals surface area contributed by atoms with Crippen LogP contribution in [0.4, 0.5) is 0 Å². The van der Waals surface area contributed by atoms with E-state index in [0.29, 0.717) is 11.8 Å². The van der Waals surface area contributed by atoms with Crippen molar-refractivity contribution in [1.29, 1.82) is 0 Å². The molecule has 0 unspecified atom stereocenters. The summed E-state index contributed by atoms with van der Waals surface area (Å²) in [5, 5.41) is 13.9. The minimum atomic E-state index is 0.425. The van der Waals surface area contributed by atoms with Crippen molar-refractivity contribution in [3.8, 4) is 5.75 Å². The number of hydrogen-bond donors (Lipinski definition) is 2. The van der Waals surface area contributed by atoms with Gasteiger partial charge in [0.05, 0.1) is 0 Å². The van der Waals surface area contributed by atoms with Gasteiger partial charge in [-0.25, -0.2) is 0 Å². The number of piperazine rings is 1. The standard InChI is InChI=1S/C16H24N2O/c1-2-12-4-3-5-14(16(12)19)15(13-6-7-13)18-10-8-17-9-11-18/h3-5,13,15,17,19H,2,6-11H2,1H3/t15-/m0/s1. The minimum absolute atomic E-state index is 0.425. The summed E-state index contributed by atoms with van der Waals surface area (Å²) in [6.07, 6.45) is 3.52. The monoisotopic (exact) mass is 260 g/mol. The van der Waals surface area contributed by atoms with E-state index in [1.165, 1.54) is 12.8 Å². The zero-order chi connectivity index (χ0) is 13.2. The lowest BCUT2D eigenvalue weighted by Gasteiger charge is -2.36. The van der Waals surface area contributed by atoms with E-state index in [2.05, 4.69) is 29.3 Å². The summed E-state index contributed by atoms with van der Waals surface area (Å²) in [4.78, 5) is 2.56. The maximum atomic E-state index is 10.5. The summed E-state index contributed by atoms with van der Waals surface area (Å²) in [5.41, 5.74) is 2.24. The fourth-order valence-electron chi connectivity index (χ4n) is 3.26. The number of aryl methyl sites for hydroxylation is 1. The second-order valence-electron chi connectivity index (χ2n) is 5.78. The summed E-state index contributed by atoms with van der Waals surface area (Å²) < 4.78 is 0. The Hall–Kier alpha value is -1.06. The summed E-state index contributed by atoms with van der Waals surface area (Å²) >= 11 is 0. The predicted molar refractivity (Wildman–Crippen MR) is 77.4 cm³/mol. The van der Waals surface area contributed by atoms with Crippen LogP contribution in [0, 0.1) is 5.92 Å². The molecule has 2 aliphatic rings. The maximum absolute atomic E-state index is 10.5. The van der Waals surface area contributed by atoms with Crippen LogP contribution >= 0.6 is 0 Å². The molecule has 1 saturated carbocycles. The van der Waals surface area contributed by atoms with Crippen LogP contribution in [-0.2, 0) is 6.42 Å². The number of rotatable bonds is 4. The highest BCUT2D eigenvalue weighted by Crippen LogP contribution is 2.47. The molecule has 1 aliphatic heterocycles. The Balaban J connectivity index is 1.91. The van der Waals surface area contributed by atoms with Crippen LogP contribution in [-0.4, -0.2) is 36.2 Å². The molecule has 1 saturated heterocycles. The molecular weight excluding hydrogens is 236 g/mol. The third-order valence-corrected chi connectivity index (χ3v) is 4.46. The molecule has 2 N–H and O–H groups in total. The third kappa shape index (κ3) is 2.63. The van der Waals surface area contributed by atoms with Crippen molar-refractivity contribution >= 4 is 0 Å². The van der Waals surface area contributed by atoms with Gasteiger partial charge in [-0.05, 0) is 30.7 Å². The topological polar surface area (TPSA) is 35.5 Å². The molecule has 2 fully saturated rings. The Labute approximate surface area is 115 Å². The molecule has 1 atom stereocenters. The highest BCUT2D eigenvalue weighted by molar-refractivity contribution is 5.43. The van der Waals surface area contributed by atoms with Gasteiger partial charge in [-0.15, -0.1) is 0 Å². The van der Waals surface area contributed by atoms with Crippen molar-refractivity contribution in [2.45, 2.75) is 32.2 Å². The fraction of sp³-hybridized carbons (Fsp3) is 0.625. The van der Waals surface area contributed by atoms with Crippen molar-refractivity contribution in [3.05, 3.63) is 29.3 Å². The SMILES string of the molecule is CCc1cccc([C@H](C2CC2)N2CCNCC2)c1O. The molecule has 3 rings (SSSR count). The Kier molecular flexibility index (Phi) is 3.76. The van der Waals surface area contributed by atoms with Gasteiger partial charge in [0.25, 0.3) is 0 Å². The van der Waals surface area contributed by atoms with Gasteiger partial charge in [-0.1, -0.05) is 25.1 Å². The van der Waals surface area contributed by atoms with Crippen molar-refractivity contribution in [2.75, 3.05) is 26.2 Å². The van der Waals surface area contributed by atoms with Gasteiger partial charge in [0, 0.05) is 37.8 Å². The molecule has 1 aromatic rings. The molecule has 0 bridgehead atoms. The summed E-state index contributed by atoms with van der Waals surface area (Å²) in [6, 6.07) is 6.69. The van der Waals surface area contributed by atoms with E-state index in [9.17, 15) is 5.11 Å². The average Bonchev–Trinajstić information content (AvgIpc) is 3.27. The quantitative estimate of drug-likeness (QED) is 0.872. The van der Waals surface area contributed by atoms with E-state index in [0.717, 1.165) is 49.6 Å². The van der Waals surface area contributed by atoms with Gasteiger partial charge in [0.15, 0.2) is 0 Å². The fourth-order valence-corrected chi connectivity index (χ4v) is 3.26. The number of para-hydroxylation sites is 1. The van der Waals surface area contributed by atoms with Crippen LogP contribution in [0.3, 0.4) is 0 Å². The molecule has 0 spiro atoms. The number of nitrogens with zero attached hydrogens (tertiary/aromatic N) is 1. The van der Waals surface area contributed by atoms with E-state index in [4.69, 9.17) is 0 Å². The number of benzene rings is 1. The molecule has 3 nitrogen and oxygen atoms in total. The summed E-state index contributed by atoms with van der Waals surface area (Å²) in [7, 11) is 0. The maximum Gasteiger partial charge on any atom is 0.123 e. The average molecular weight is 260 g/mol. The van der Waals surface area contributed by atoms with Gasteiger partial charge >= 0.3 is 0 Å². The molecule has 104 valence electrons. The van der Waals surface area contributed by atoms with E-state index in [1.807, 2.05) is 6.07 Å². The lowest BCUT2D eigenvalue weighted by Crippen LogP contribution is -2.45. The molecule has 1 aromatic carbocycles. The smallest absolute Gasteiger partial charge is 0.123 e. The zero-order valence-corrected chi connectivity index (χ0v) is 11.7. The molecule has 19 heavy (non-hydrogen) atoms. The van der Waals surface area contributed by atoms with Crippen LogP contribution in [0.15, 0.2) is 18.2 Å². The van der Waals surface area contributed by atoms with Crippen LogP contribution < -0.4 is 5.32 Å². The second-order valence-corrected chi connectivity index (χ2v) is 5.78. The van der Waals surface area contributed by atoms with Gasteiger partial charge in [-0.2, -0.15) is 0 Å². The lowest BCUT2D eigenvalue weighted by atomic mass is 9.95. The predicted octanol–water partition coefficient (Wildman–Crippen LogP) is 2.31. The van der Waals surface area contributed by atoms with Crippen LogP contribution in [0.5, 0.6) is 5.75 Å². The third-order valence-electron chi connectivity index (χ3n) is 4.46. The van der Waals surface area contributed by atoms with Crippen LogP contribution in [0.1, 0.15) is 36.9 Å². The first-order valence-electron chi connectivity index (χ1n) is 7.56. The minimum Gasteiger partial charge on any atom is -0.507 e. The van der Waals surface area contributed by atoms with Crippen LogP contribution in [0.25, 0.3) is 0 Å². The Morgan fingerprint density at radius 1 is 1.32 bits per heavy atom. The second kappa shape index (κ2) is 5.51. The molecule has 0 aromatic heterocycles. The van der Waals surface area contributed by atoms with E-state index in [1.54, 1.807) is 0 Å². The van der Waals surface area contributed by atoms with E-state index < -0.39 is 0 Å². The van der Waals surface area contributed by atoms with Crippen molar-refractivity contribution in [3.63, 3.8) is 0 Å². The van der Waals surface area contributed by atoms with Crippen molar-refractivity contribution in [1.82, 2.24) is 10.2 Å². The number of nitrogens with one attached hydrogen (secondary N) is 1. The lowest BCUT2D eigenvalue weighted by molar-refractivity contribution is 0.153. The van der Waals surface area contributed by atoms with Gasteiger partial charge in [0.2, 0.25) is 0 Å². The molecule has 0 amide bonds. The van der Waals surface area contributed by atoms with Crippen molar-refractivity contribution in [2.24, 2.45) is 5.92 Å². The normalized spacial score (nSPS) is 22.4. The van der Waals surface area contributed by atoms with Crippen LogP contribution in [0.2, 0.25) is 0 Å². The first-order valence-corrected chi connectivity index (χ1v) is 7.56. The highest BCUT2D eigenvalue weighted by Gasteiger charge is 2.38. The first kappa shape index (κ1) is 12.9. The van der Waals surface area contributed by atoms with E-state index >= 15 is 0 Å². The highest BCUT2D eigenvalue weighted by atomic mass is 16.3. The Morgan fingerprint density at radius 3 is 2.68 bits per heavy atom. The molecule has 0 radical (unpaired) electrons. The number of phenolic OH excluding ortho intramolecular Hbond substituents is 1. The van der Waals surface area contributed by atoms with Crippen molar-refractivity contribution < 1.29 is 5.11 Å². The summed E-state index contributed by atoms with van der Waals surface area (Å²) in [5.74, 6) is 1.29. The Bertz CT molecular complexity index is 436. The number of aromatic hydroxyl groups is 1. The van der Waals surface area contributed by atoms with Gasteiger partial charge in [0.1, 0.15) is 5.75 Å². The molecule has 3 heteroatoms. The van der Waals surface area contributed by atoms with Gasteiger partial charge < -0.3 is 10.4 Å². The molecule has 1 aliphatic carbocycles.